The number of furan rings is 1. The third-order valence-corrected chi connectivity index (χ3v) is 3.87. The van der Waals surface area contributed by atoms with Gasteiger partial charge in [0.05, 0.1) is 17.3 Å². The molecule has 0 spiro atoms. The van der Waals surface area contributed by atoms with Crippen molar-refractivity contribution in [2.24, 2.45) is 0 Å². The van der Waals surface area contributed by atoms with Crippen LogP contribution < -0.4 is 10.6 Å². The minimum Gasteiger partial charge on any atom is -0.467 e. The third-order valence-electron chi connectivity index (χ3n) is 3.16. The second-order valence-corrected chi connectivity index (χ2v) is 7.32. The topological polar surface area (TPSA) is 63.5 Å². The summed E-state index contributed by atoms with van der Waals surface area (Å²) in [5.74, 6) is 0.883. The van der Waals surface area contributed by atoms with Gasteiger partial charge >= 0.3 is 6.09 Å². The molecule has 0 aliphatic carbocycles. The molecular weight excluding hydrogens is 372 g/mol. The van der Waals surface area contributed by atoms with Gasteiger partial charge < -0.3 is 19.8 Å². The van der Waals surface area contributed by atoms with Gasteiger partial charge in [0, 0.05) is 13.1 Å². The third kappa shape index (κ3) is 6.37. The molecule has 0 saturated heterocycles. The number of nitrogens with one attached hydrogen (secondary N) is 2. The van der Waals surface area contributed by atoms with E-state index in [2.05, 4.69) is 26.6 Å². The molecule has 2 aromatic rings. The van der Waals surface area contributed by atoms with Crippen molar-refractivity contribution < 1.29 is 13.9 Å². The van der Waals surface area contributed by atoms with E-state index in [1.807, 2.05) is 51.1 Å². The van der Waals surface area contributed by atoms with Gasteiger partial charge in [-0.05, 0) is 53.9 Å². The van der Waals surface area contributed by atoms with Gasteiger partial charge in [0.1, 0.15) is 11.4 Å². The Morgan fingerprint density at radius 2 is 1.71 bits per heavy atom. The first kappa shape index (κ1) is 18.5. The SMILES string of the molecule is CC(C)(C)OC(=O)NCc1ccc(CNCc2occc2Br)cc1. The van der Waals surface area contributed by atoms with Crippen LogP contribution in [0, 0.1) is 0 Å². The predicted octanol–water partition coefficient (Wildman–Crippen LogP) is 4.36. The summed E-state index contributed by atoms with van der Waals surface area (Å²) in [5, 5.41) is 6.08. The Bertz CT molecular complexity index is 660. The summed E-state index contributed by atoms with van der Waals surface area (Å²) >= 11 is 3.43. The minimum atomic E-state index is -0.484. The Morgan fingerprint density at radius 3 is 2.25 bits per heavy atom. The number of ether oxygens (including phenoxy) is 1. The van der Waals surface area contributed by atoms with Gasteiger partial charge in [0.25, 0.3) is 0 Å². The zero-order valence-electron chi connectivity index (χ0n) is 14.2. The molecule has 24 heavy (non-hydrogen) atoms. The van der Waals surface area contributed by atoms with Gasteiger partial charge in [-0.15, -0.1) is 0 Å². The summed E-state index contributed by atoms with van der Waals surface area (Å²) in [6.45, 7) is 7.38. The van der Waals surface area contributed by atoms with Crippen LogP contribution in [0.15, 0.2) is 45.5 Å². The molecule has 0 aliphatic rings. The molecule has 1 aromatic carbocycles. The second kappa shape index (κ2) is 8.35. The van der Waals surface area contributed by atoms with Crippen LogP contribution in [-0.4, -0.2) is 11.7 Å². The van der Waals surface area contributed by atoms with E-state index in [0.29, 0.717) is 13.1 Å². The fourth-order valence-corrected chi connectivity index (χ4v) is 2.38. The standard InChI is InChI=1S/C18H23BrN2O3/c1-18(2,3)24-17(22)21-11-14-6-4-13(5-7-14)10-20-12-16-15(19)8-9-23-16/h4-9,20H,10-12H2,1-3H3,(H,21,22). The average molecular weight is 395 g/mol. The van der Waals surface area contributed by atoms with Crippen LogP contribution in [0.25, 0.3) is 0 Å². The zero-order valence-corrected chi connectivity index (χ0v) is 15.8. The summed E-state index contributed by atoms with van der Waals surface area (Å²) < 4.78 is 11.5. The summed E-state index contributed by atoms with van der Waals surface area (Å²) in [4.78, 5) is 11.6. The van der Waals surface area contributed by atoms with E-state index in [0.717, 1.165) is 22.3 Å². The van der Waals surface area contributed by atoms with Gasteiger partial charge in [0.15, 0.2) is 0 Å². The van der Waals surface area contributed by atoms with Crippen LogP contribution in [0.2, 0.25) is 0 Å². The number of alkyl carbamates (subject to hydrolysis) is 1. The van der Waals surface area contributed by atoms with E-state index in [9.17, 15) is 4.79 Å². The molecule has 6 heteroatoms. The van der Waals surface area contributed by atoms with Crippen LogP contribution in [0.3, 0.4) is 0 Å². The zero-order chi connectivity index (χ0) is 17.6. The molecule has 2 rings (SSSR count). The first-order chi connectivity index (χ1) is 11.3. The van der Waals surface area contributed by atoms with Gasteiger partial charge in [-0.1, -0.05) is 24.3 Å². The number of carbonyl (C=O) groups is 1. The maximum Gasteiger partial charge on any atom is 0.407 e. The fraction of sp³-hybridized carbons (Fsp3) is 0.389. The highest BCUT2D eigenvalue weighted by Crippen LogP contribution is 2.17. The van der Waals surface area contributed by atoms with Crippen molar-refractivity contribution in [3.05, 3.63) is 58.0 Å². The van der Waals surface area contributed by atoms with Gasteiger partial charge in [0.2, 0.25) is 0 Å². The van der Waals surface area contributed by atoms with E-state index in [1.165, 1.54) is 5.56 Å². The first-order valence-electron chi connectivity index (χ1n) is 7.81. The minimum absolute atomic E-state index is 0.405. The quantitative estimate of drug-likeness (QED) is 0.763. The summed E-state index contributed by atoms with van der Waals surface area (Å²) in [6.07, 6.45) is 1.25. The van der Waals surface area contributed by atoms with Gasteiger partial charge in [-0.3, -0.25) is 0 Å². The van der Waals surface area contributed by atoms with E-state index >= 15 is 0 Å². The van der Waals surface area contributed by atoms with Crippen molar-refractivity contribution in [3.8, 4) is 0 Å². The molecule has 0 fully saturated rings. The maximum atomic E-state index is 11.6. The lowest BCUT2D eigenvalue weighted by molar-refractivity contribution is 0.0523. The van der Waals surface area contributed by atoms with Crippen molar-refractivity contribution in [2.45, 2.75) is 46.0 Å². The van der Waals surface area contributed by atoms with Crippen molar-refractivity contribution in [2.75, 3.05) is 0 Å². The molecule has 2 N–H and O–H groups in total. The highest BCUT2D eigenvalue weighted by Gasteiger charge is 2.15. The van der Waals surface area contributed by atoms with E-state index in [4.69, 9.17) is 9.15 Å². The normalized spacial score (nSPS) is 11.3. The Morgan fingerprint density at radius 1 is 1.08 bits per heavy atom. The summed E-state index contributed by atoms with van der Waals surface area (Å²) in [7, 11) is 0. The largest absolute Gasteiger partial charge is 0.467 e. The average Bonchev–Trinajstić information content (AvgIpc) is 2.90. The highest BCUT2D eigenvalue weighted by atomic mass is 79.9. The molecule has 0 radical (unpaired) electrons. The van der Waals surface area contributed by atoms with E-state index in [-0.39, 0.29) is 0 Å². The lowest BCUT2D eigenvalue weighted by Gasteiger charge is -2.19. The van der Waals surface area contributed by atoms with Gasteiger partial charge in [-0.25, -0.2) is 4.79 Å². The van der Waals surface area contributed by atoms with Crippen LogP contribution >= 0.6 is 15.9 Å². The van der Waals surface area contributed by atoms with Crippen LogP contribution in [0.5, 0.6) is 0 Å². The maximum absolute atomic E-state index is 11.6. The van der Waals surface area contributed by atoms with Crippen LogP contribution in [0.4, 0.5) is 4.79 Å². The molecule has 0 unspecified atom stereocenters. The molecule has 5 nitrogen and oxygen atoms in total. The van der Waals surface area contributed by atoms with Crippen molar-refractivity contribution >= 4 is 22.0 Å². The number of amides is 1. The molecule has 1 heterocycles. The molecule has 0 bridgehead atoms. The van der Waals surface area contributed by atoms with Crippen molar-refractivity contribution in [3.63, 3.8) is 0 Å². The number of benzene rings is 1. The first-order valence-corrected chi connectivity index (χ1v) is 8.60. The number of halogens is 1. The number of hydrogen-bond donors (Lipinski definition) is 2. The van der Waals surface area contributed by atoms with Gasteiger partial charge in [-0.2, -0.15) is 0 Å². The Labute approximate surface area is 150 Å². The van der Waals surface area contributed by atoms with Crippen LogP contribution in [0.1, 0.15) is 37.7 Å². The van der Waals surface area contributed by atoms with Crippen LogP contribution in [-0.2, 0) is 24.4 Å². The second-order valence-electron chi connectivity index (χ2n) is 6.47. The Hall–Kier alpha value is -1.79. The highest BCUT2D eigenvalue weighted by molar-refractivity contribution is 9.10. The molecule has 0 aliphatic heterocycles. The predicted molar refractivity (Wildman–Crippen MR) is 96.5 cm³/mol. The molecule has 130 valence electrons. The van der Waals surface area contributed by atoms with E-state index < -0.39 is 11.7 Å². The monoisotopic (exact) mass is 394 g/mol. The Kier molecular flexibility index (Phi) is 6.45. The number of carbonyl (C=O) groups excluding carboxylic acids is 1. The Balaban J connectivity index is 1.74. The smallest absolute Gasteiger partial charge is 0.407 e. The fourth-order valence-electron chi connectivity index (χ4n) is 2.03. The molecule has 1 aromatic heterocycles. The van der Waals surface area contributed by atoms with Crippen molar-refractivity contribution in [1.29, 1.82) is 0 Å². The number of rotatable bonds is 6. The lowest BCUT2D eigenvalue weighted by atomic mass is 10.1. The molecule has 0 saturated carbocycles. The number of hydrogen-bond acceptors (Lipinski definition) is 4. The summed E-state index contributed by atoms with van der Waals surface area (Å²) in [5.41, 5.74) is 1.71. The lowest BCUT2D eigenvalue weighted by Crippen LogP contribution is -2.32. The molecule has 0 atom stereocenters. The molecular formula is C18H23BrN2O3. The summed E-state index contributed by atoms with van der Waals surface area (Å²) in [6, 6.07) is 9.95. The van der Waals surface area contributed by atoms with E-state index in [1.54, 1.807) is 6.26 Å². The molecule has 1 amide bonds. The van der Waals surface area contributed by atoms with Crippen molar-refractivity contribution in [1.82, 2.24) is 10.6 Å².